The number of rotatable bonds is 3. The van der Waals surface area contributed by atoms with Crippen molar-refractivity contribution in [3.8, 4) is 5.75 Å². The lowest BCUT2D eigenvalue weighted by molar-refractivity contribution is 0.403. The van der Waals surface area contributed by atoms with Gasteiger partial charge in [-0.25, -0.2) is 0 Å². The van der Waals surface area contributed by atoms with Crippen molar-refractivity contribution < 1.29 is 4.74 Å². The van der Waals surface area contributed by atoms with Crippen LogP contribution in [0.1, 0.15) is 30.4 Å². The van der Waals surface area contributed by atoms with Crippen LogP contribution in [-0.2, 0) is 6.42 Å². The van der Waals surface area contributed by atoms with Gasteiger partial charge in [0.1, 0.15) is 5.75 Å². The van der Waals surface area contributed by atoms with E-state index in [0.717, 1.165) is 29.7 Å². The molecule has 0 saturated carbocycles. The molecule has 3 heteroatoms. The summed E-state index contributed by atoms with van der Waals surface area (Å²) in [5.41, 5.74) is 2.72. The SMILES string of the molecule is CCc1cc(Br)c(OC)c(C2CCNC2)c1. The number of ether oxygens (including phenoxy) is 1. The van der Waals surface area contributed by atoms with Gasteiger partial charge in [-0.3, -0.25) is 0 Å². The van der Waals surface area contributed by atoms with Crippen LogP contribution in [0.5, 0.6) is 5.75 Å². The number of hydrogen-bond donors (Lipinski definition) is 1. The van der Waals surface area contributed by atoms with Gasteiger partial charge in [0, 0.05) is 12.5 Å². The van der Waals surface area contributed by atoms with Gasteiger partial charge in [0.15, 0.2) is 0 Å². The lowest BCUT2D eigenvalue weighted by Crippen LogP contribution is -2.09. The molecule has 1 atom stereocenters. The molecule has 88 valence electrons. The Kier molecular flexibility index (Phi) is 3.87. The van der Waals surface area contributed by atoms with Crippen molar-refractivity contribution in [2.24, 2.45) is 0 Å². The third-order valence-electron chi connectivity index (χ3n) is 3.24. The summed E-state index contributed by atoms with van der Waals surface area (Å²) in [4.78, 5) is 0. The van der Waals surface area contributed by atoms with Gasteiger partial charge >= 0.3 is 0 Å². The molecular weight excluding hydrogens is 266 g/mol. The van der Waals surface area contributed by atoms with Crippen molar-refractivity contribution >= 4 is 15.9 Å². The summed E-state index contributed by atoms with van der Waals surface area (Å²) in [5, 5.41) is 3.41. The fraction of sp³-hybridized carbons (Fsp3) is 0.538. The summed E-state index contributed by atoms with van der Waals surface area (Å²) >= 11 is 3.60. The molecule has 1 heterocycles. The number of benzene rings is 1. The maximum atomic E-state index is 5.51. The standard InChI is InChI=1S/C13H18BrNO/c1-3-9-6-11(10-4-5-15-8-10)13(16-2)12(14)7-9/h6-7,10,15H,3-5,8H2,1-2H3. The summed E-state index contributed by atoms with van der Waals surface area (Å²) in [6, 6.07) is 4.45. The highest BCUT2D eigenvalue weighted by atomic mass is 79.9. The Morgan fingerprint density at radius 2 is 2.31 bits per heavy atom. The largest absolute Gasteiger partial charge is 0.495 e. The lowest BCUT2D eigenvalue weighted by Gasteiger charge is -2.17. The first-order valence-corrected chi connectivity index (χ1v) is 6.62. The molecule has 0 aromatic heterocycles. The second kappa shape index (κ2) is 5.19. The van der Waals surface area contributed by atoms with Crippen LogP contribution in [0.3, 0.4) is 0 Å². The van der Waals surface area contributed by atoms with E-state index < -0.39 is 0 Å². The van der Waals surface area contributed by atoms with Crippen LogP contribution in [0.15, 0.2) is 16.6 Å². The van der Waals surface area contributed by atoms with E-state index in [1.807, 2.05) is 0 Å². The minimum Gasteiger partial charge on any atom is -0.495 e. The van der Waals surface area contributed by atoms with Crippen LogP contribution >= 0.6 is 15.9 Å². The van der Waals surface area contributed by atoms with Crippen molar-refractivity contribution in [2.75, 3.05) is 20.2 Å². The molecule has 0 radical (unpaired) electrons. The first-order valence-electron chi connectivity index (χ1n) is 5.83. The smallest absolute Gasteiger partial charge is 0.136 e. The second-order valence-corrected chi connectivity index (χ2v) is 5.10. The van der Waals surface area contributed by atoms with Crippen molar-refractivity contribution in [3.63, 3.8) is 0 Å². The van der Waals surface area contributed by atoms with Crippen LogP contribution in [0.2, 0.25) is 0 Å². The number of aryl methyl sites for hydroxylation is 1. The van der Waals surface area contributed by atoms with Crippen LogP contribution in [-0.4, -0.2) is 20.2 Å². The fourth-order valence-corrected chi connectivity index (χ4v) is 3.00. The highest BCUT2D eigenvalue weighted by molar-refractivity contribution is 9.10. The lowest BCUT2D eigenvalue weighted by atomic mass is 9.95. The quantitative estimate of drug-likeness (QED) is 0.921. The summed E-state index contributed by atoms with van der Waals surface area (Å²) < 4.78 is 6.59. The molecule has 1 saturated heterocycles. The van der Waals surface area contributed by atoms with E-state index in [1.165, 1.54) is 17.5 Å². The molecule has 1 N–H and O–H groups in total. The summed E-state index contributed by atoms with van der Waals surface area (Å²) in [6.07, 6.45) is 2.27. The van der Waals surface area contributed by atoms with Crippen LogP contribution in [0.4, 0.5) is 0 Å². The first kappa shape index (κ1) is 11.9. The number of methoxy groups -OCH3 is 1. The van der Waals surface area contributed by atoms with Gasteiger partial charge in [0.2, 0.25) is 0 Å². The van der Waals surface area contributed by atoms with Gasteiger partial charge in [-0.05, 0) is 52.5 Å². The van der Waals surface area contributed by atoms with E-state index in [1.54, 1.807) is 7.11 Å². The Balaban J connectivity index is 2.42. The van der Waals surface area contributed by atoms with Gasteiger partial charge in [0.25, 0.3) is 0 Å². The van der Waals surface area contributed by atoms with Gasteiger partial charge in [-0.15, -0.1) is 0 Å². The highest BCUT2D eigenvalue weighted by Crippen LogP contribution is 2.37. The molecule has 1 aromatic carbocycles. The van der Waals surface area contributed by atoms with Crippen LogP contribution in [0, 0.1) is 0 Å². The van der Waals surface area contributed by atoms with Crippen LogP contribution in [0.25, 0.3) is 0 Å². The third-order valence-corrected chi connectivity index (χ3v) is 3.83. The average molecular weight is 284 g/mol. The molecule has 2 nitrogen and oxygen atoms in total. The zero-order chi connectivity index (χ0) is 11.5. The molecule has 0 amide bonds. The van der Waals surface area contributed by atoms with Crippen molar-refractivity contribution in [3.05, 3.63) is 27.7 Å². The maximum Gasteiger partial charge on any atom is 0.136 e. The van der Waals surface area contributed by atoms with E-state index in [2.05, 4.69) is 40.3 Å². The normalized spacial score (nSPS) is 20.1. The first-order chi connectivity index (χ1) is 7.76. The van der Waals surface area contributed by atoms with Gasteiger partial charge in [-0.1, -0.05) is 13.0 Å². The molecule has 1 aromatic rings. The van der Waals surface area contributed by atoms with E-state index in [-0.39, 0.29) is 0 Å². The minimum atomic E-state index is 0.595. The Bertz CT molecular complexity index is 372. The molecule has 1 aliphatic rings. The fourth-order valence-electron chi connectivity index (χ4n) is 2.32. The number of hydrogen-bond acceptors (Lipinski definition) is 2. The predicted octanol–water partition coefficient (Wildman–Crippen LogP) is 3.10. The van der Waals surface area contributed by atoms with Crippen LogP contribution < -0.4 is 10.1 Å². The summed E-state index contributed by atoms with van der Waals surface area (Å²) in [5.74, 6) is 1.60. The Morgan fingerprint density at radius 3 is 2.88 bits per heavy atom. The second-order valence-electron chi connectivity index (χ2n) is 4.24. The van der Waals surface area contributed by atoms with Gasteiger partial charge in [-0.2, -0.15) is 0 Å². The van der Waals surface area contributed by atoms with Crippen molar-refractivity contribution in [2.45, 2.75) is 25.7 Å². The molecule has 1 fully saturated rings. The van der Waals surface area contributed by atoms with Crippen molar-refractivity contribution in [1.82, 2.24) is 5.32 Å². The van der Waals surface area contributed by atoms with Crippen molar-refractivity contribution in [1.29, 1.82) is 0 Å². The predicted molar refractivity (Wildman–Crippen MR) is 70.3 cm³/mol. The molecular formula is C13H18BrNO. The van der Waals surface area contributed by atoms with Gasteiger partial charge < -0.3 is 10.1 Å². The summed E-state index contributed by atoms with van der Waals surface area (Å²) in [7, 11) is 1.75. The van der Waals surface area contributed by atoms with E-state index in [0.29, 0.717) is 5.92 Å². The zero-order valence-corrected chi connectivity index (χ0v) is 11.4. The molecule has 0 spiro atoms. The van der Waals surface area contributed by atoms with E-state index in [9.17, 15) is 0 Å². The molecule has 1 unspecified atom stereocenters. The Hall–Kier alpha value is -0.540. The van der Waals surface area contributed by atoms with E-state index >= 15 is 0 Å². The number of nitrogens with one attached hydrogen (secondary N) is 1. The van der Waals surface area contributed by atoms with E-state index in [4.69, 9.17) is 4.74 Å². The number of halogens is 1. The molecule has 2 rings (SSSR count). The molecule has 1 aliphatic heterocycles. The zero-order valence-electron chi connectivity index (χ0n) is 9.85. The monoisotopic (exact) mass is 283 g/mol. The maximum absolute atomic E-state index is 5.51. The molecule has 0 aliphatic carbocycles. The minimum absolute atomic E-state index is 0.595. The summed E-state index contributed by atoms with van der Waals surface area (Å²) in [6.45, 7) is 4.36. The molecule has 16 heavy (non-hydrogen) atoms. The Labute approximate surface area is 106 Å². The molecule has 0 bridgehead atoms. The average Bonchev–Trinajstić information content (AvgIpc) is 2.81. The third kappa shape index (κ3) is 2.25. The van der Waals surface area contributed by atoms with Gasteiger partial charge in [0.05, 0.1) is 11.6 Å². The topological polar surface area (TPSA) is 21.3 Å². The Morgan fingerprint density at radius 1 is 1.50 bits per heavy atom. The highest BCUT2D eigenvalue weighted by Gasteiger charge is 2.22.